The number of nitrogens with one attached hydrogen (secondary N) is 1. The van der Waals surface area contributed by atoms with E-state index in [1.165, 1.54) is 0 Å². The van der Waals surface area contributed by atoms with Crippen LogP contribution in [-0.2, 0) is 0 Å². The van der Waals surface area contributed by atoms with Crippen LogP contribution in [0.3, 0.4) is 0 Å². The number of hydrogen-bond acceptors (Lipinski definition) is 7. The van der Waals surface area contributed by atoms with Gasteiger partial charge in [-0.15, -0.1) is 21.5 Å². The van der Waals surface area contributed by atoms with E-state index >= 15 is 0 Å². The molecule has 3 heterocycles. The van der Waals surface area contributed by atoms with Crippen LogP contribution in [0.4, 0.5) is 0 Å². The Labute approximate surface area is 165 Å². The number of hydrogen-bond donors (Lipinski definition) is 1. The lowest BCUT2D eigenvalue weighted by atomic mass is 9.95. The number of carbonyl (C=O) groups excluding carboxylic acids is 1. The Bertz CT molecular complexity index is 902. The van der Waals surface area contributed by atoms with E-state index in [4.69, 9.17) is 0 Å². The SMILES string of the molecule is Cc1csc(SC2CCC(NC(=O)c3cccc(-n4cnnc4)n3)CC2)n1. The van der Waals surface area contributed by atoms with Gasteiger partial charge in [-0.2, -0.15) is 0 Å². The Balaban J connectivity index is 1.31. The van der Waals surface area contributed by atoms with Gasteiger partial charge >= 0.3 is 0 Å². The normalized spacial score (nSPS) is 19.7. The van der Waals surface area contributed by atoms with Crippen LogP contribution in [0.5, 0.6) is 0 Å². The lowest BCUT2D eigenvalue weighted by Gasteiger charge is -2.28. The second-order valence-corrected chi connectivity index (χ2v) is 8.98. The summed E-state index contributed by atoms with van der Waals surface area (Å²) in [5.74, 6) is 0.503. The zero-order chi connectivity index (χ0) is 18.6. The summed E-state index contributed by atoms with van der Waals surface area (Å²) in [5.41, 5.74) is 1.50. The maximum atomic E-state index is 12.6. The van der Waals surface area contributed by atoms with Gasteiger partial charge in [0.2, 0.25) is 0 Å². The minimum Gasteiger partial charge on any atom is -0.348 e. The molecule has 4 rings (SSSR count). The summed E-state index contributed by atoms with van der Waals surface area (Å²) in [6, 6.07) is 5.58. The van der Waals surface area contributed by atoms with Crippen molar-refractivity contribution in [3.8, 4) is 5.82 Å². The Morgan fingerprint density at radius 3 is 2.67 bits per heavy atom. The van der Waals surface area contributed by atoms with Crippen LogP contribution in [0, 0.1) is 6.92 Å². The number of rotatable bonds is 5. The molecule has 0 spiro atoms. The molecule has 9 heteroatoms. The highest BCUT2D eigenvalue weighted by atomic mass is 32.2. The molecule has 1 aliphatic rings. The molecule has 0 saturated heterocycles. The minimum atomic E-state index is -0.128. The van der Waals surface area contributed by atoms with Crippen LogP contribution >= 0.6 is 23.1 Å². The van der Waals surface area contributed by atoms with Crippen LogP contribution in [0.2, 0.25) is 0 Å². The smallest absolute Gasteiger partial charge is 0.270 e. The first-order chi connectivity index (χ1) is 13.2. The van der Waals surface area contributed by atoms with E-state index in [1.807, 2.05) is 30.8 Å². The predicted octanol–water partition coefficient (Wildman–Crippen LogP) is 3.26. The third-order valence-electron chi connectivity index (χ3n) is 4.53. The quantitative estimate of drug-likeness (QED) is 0.707. The van der Waals surface area contributed by atoms with Gasteiger partial charge in [0.05, 0.1) is 0 Å². The zero-order valence-corrected chi connectivity index (χ0v) is 16.5. The maximum Gasteiger partial charge on any atom is 0.270 e. The number of carbonyl (C=O) groups is 1. The summed E-state index contributed by atoms with van der Waals surface area (Å²) in [5, 5.41) is 13.4. The first kappa shape index (κ1) is 18.1. The zero-order valence-electron chi connectivity index (χ0n) is 14.9. The van der Waals surface area contributed by atoms with Crippen LogP contribution in [0.25, 0.3) is 5.82 Å². The molecule has 7 nitrogen and oxygen atoms in total. The molecule has 0 aromatic carbocycles. The van der Waals surface area contributed by atoms with Gasteiger partial charge in [-0.05, 0) is 44.7 Å². The van der Waals surface area contributed by atoms with Gasteiger partial charge in [0.25, 0.3) is 5.91 Å². The summed E-state index contributed by atoms with van der Waals surface area (Å²) in [4.78, 5) is 21.5. The summed E-state index contributed by atoms with van der Waals surface area (Å²) in [6.45, 7) is 2.03. The number of pyridine rings is 1. The van der Waals surface area contributed by atoms with Crippen molar-refractivity contribution in [2.75, 3.05) is 0 Å². The lowest BCUT2D eigenvalue weighted by molar-refractivity contribution is 0.0923. The van der Waals surface area contributed by atoms with Gasteiger partial charge in [-0.25, -0.2) is 9.97 Å². The van der Waals surface area contributed by atoms with Gasteiger partial charge in [-0.1, -0.05) is 17.8 Å². The molecule has 0 radical (unpaired) electrons. The van der Waals surface area contributed by atoms with E-state index < -0.39 is 0 Å². The number of nitrogens with zero attached hydrogens (tertiary/aromatic N) is 5. The number of thioether (sulfide) groups is 1. The Morgan fingerprint density at radius 1 is 1.19 bits per heavy atom. The standard InChI is InChI=1S/C18H20N6OS2/c1-12-9-26-18(21-12)27-14-7-5-13(6-8-14)22-17(25)15-3-2-4-16(23-15)24-10-19-20-11-24/h2-4,9-11,13-14H,5-8H2,1H3,(H,22,25). The van der Waals surface area contributed by atoms with Crippen LogP contribution < -0.4 is 5.32 Å². The molecule has 3 aromatic heterocycles. The average Bonchev–Trinajstić information content (AvgIpc) is 3.35. The molecule has 0 unspecified atom stereocenters. The van der Waals surface area contributed by atoms with E-state index in [0.29, 0.717) is 16.8 Å². The third kappa shape index (κ3) is 4.54. The van der Waals surface area contributed by atoms with Gasteiger partial charge in [0.15, 0.2) is 0 Å². The summed E-state index contributed by atoms with van der Waals surface area (Å²) in [7, 11) is 0. The van der Waals surface area contributed by atoms with Gasteiger partial charge in [0.1, 0.15) is 28.5 Å². The highest BCUT2D eigenvalue weighted by Crippen LogP contribution is 2.35. The summed E-state index contributed by atoms with van der Waals surface area (Å²) < 4.78 is 2.83. The van der Waals surface area contributed by atoms with Crippen molar-refractivity contribution in [3.05, 3.63) is 47.6 Å². The molecule has 140 valence electrons. The molecule has 27 heavy (non-hydrogen) atoms. The number of aromatic nitrogens is 5. The predicted molar refractivity (Wildman–Crippen MR) is 105 cm³/mol. The van der Waals surface area contributed by atoms with Crippen molar-refractivity contribution in [2.45, 2.75) is 48.2 Å². The second-order valence-electron chi connectivity index (χ2n) is 6.57. The van der Waals surface area contributed by atoms with Crippen molar-refractivity contribution in [3.63, 3.8) is 0 Å². The van der Waals surface area contributed by atoms with Crippen LogP contribution in [-0.4, -0.2) is 41.9 Å². The van der Waals surface area contributed by atoms with Crippen molar-refractivity contribution in [1.82, 2.24) is 30.0 Å². The highest BCUT2D eigenvalue weighted by Gasteiger charge is 2.24. The Kier molecular flexibility index (Phi) is 5.49. The highest BCUT2D eigenvalue weighted by molar-refractivity contribution is 8.01. The minimum absolute atomic E-state index is 0.128. The van der Waals surface area contributed by atoms with E-state index in [9.17, 15) is 4.79 Å². The van der Waals surface area contributed by atoms with E-state index in [2.05, 4.69) is 30.9 Å². The fourth-order valence-corrected chi connectivity index (χ4v) is 5.41. The van der Waals surface area contributed by atoms with E-state index in [-0.39, 0.29) is 11.9 Å². The largest absolute Gasteiger partial charge is 0.348 e. The second kappa shape index (κ2) is 8.18. The molecular formula is C18H20N6OS2. The number of amides is 1. The molecule has 1 aliphatic carbocycles. The molecule has 0 atom stereocenters. The molecule has 1 saturated carbocycles. The first-order valence-electron chi connectivity index (χ1n) is 8.89. The van der Waals surface area contributed by atoms with Crippen molar-refractivity contribution >= 4 is 29.0 Å². The fourth-order valence-electron chi connectivity index (χ4n) is 3.13. The lowest BCUT2D eigenvalue weighted by Crippen LogP contribution is -2.38. The monoisotopic (exact) mass is 400 g/mol. The number of thiazole rings is 1. The Morgan fingerprint density at radius 2 is 1.96 bits per heavy atom. The van der Waals surface area contributed by atoms with E-state index in [1.54, 1.807) is 34.6 Å². The van der Waals surface area contributed by atoms with Crippen LogP contribution in [0.1, 0.15) is 41.9 Å². The first-order valence-corrected chi connectivity index (χ1v) is 10.6. The fraction of sp³-hybridized carbons (Fsp3) is 0.389. The van der Waals surface area contributed by atoms with Crippen molar-refractivity contribution in [1.29, 1.82) is 0 Å². The van der Waals surface area contributed by atoms with Crippen molar-refractivity contribution < 1.29 is 4.79 Å². The van der Waals surface area contributed by atoms with Gasteiger partial charge in [-0.3, -0.25) is 9.36 Å². The molecule has 3 aromatic rings. The van der Waals surface area contributed by atoms with Crippen LogP contribution in [0.15, 0.2) is 40.6 Å². The summed E-state index contributed by atoms with van der Waals surface area (Å²) in [6.07, 6.45) is 7.27. The molecular weight excluding hydrogens is 380 g/mol. The molecule has 1 fully saturated rings. The molecule has 1 N–H and O–H groups in total. The molecule has 0 aliphatic heterocycles. The summed E-state index contributed by atoms with van der Waals surface area (Å²) >= 11 is 3.59. The maximum absolute atomic E-state index is 12.6. The van der Waals surface area contributed by atoms with Gasteiger partial charge < -0.3 is 5.32 Å². The van der Waals surface area contributed by atoms with Gasteiger partial charge in [0, 0.05) is 22.4 Å². The Hall–Kier alpha value is -2.26. The average molecular weight is 401 g/mol. The van der Waals surface area contributed by atoms with E-state index in [0.717, 1.165) is 35.7 Å². The molecule has 1 amide bonds. The number of aryl methyl sites for hydroxylation is 1. The topological polar surface area (TPSA) is 85.6 Å². The van der Waals surface area contributed by atoms with Crippen molar-refractivity contribution in [2.24, 2.45) is 0 Å². The third-order valence-corrected chi connectivity index (χ3v) is 6.95. The molecule has 0 bridgehead atoms.